The third-order valence-corrected chi connectivity index (χ3v) is 1.76. The first-order valence-electron chi connectivity index (χ1n) is 5.68. The molecule has 1 aromatic carbocycles. The zero-order chi connectivity index (χ0) is 13.5. The highest BCUT2D eigenvalue weighted by molar-refractivity contribution is 7.17. The van der Waals surface area contributed by atoms with Gasteiger partial charge in [0.15, 0.2) is 0 Å². The van der Waals surface area contributed by atoms with E-state index in [0.29, 0.717) is 18.9 Å². The molecule has 0 aromatic heterocycles. The first-order chi connectivity index (χ1) is 8.26. The van der Waals surface area contributed by atoms with Gasteiger partial charge in [-0.25, -0.2) is 4.57 Å². The Hall–Kier alpha value is -1.12. The molecule has 0 saturated carbocycles. The van der Waals surface area contributed by atoms with Gasteiger partial charge in [0.05, 0.1) is 18.9 Å². The van der Waals surface area contributed by atoms with Crippen LogP contribution in [-0.2, 0) is 9.09 Å². The maximum absolute atomic E-state index is 9.28. The molecule has 0 atom stereocenters. The van der Waals surface area contributed by atoms with Crippen LogP contribution in [-0.4, -0.2) is 13.2 Å². The SMILES string of the molecule is CC.CCOP=O.CCOc1ccccc1N. The second kappa shape index (κ2) is 14.9. The summed E-state index contributed by atoms with van der Waals surface area (Å²) in [5, 5.41) is 0. The predicted molar refractivity (Wildman–Crippen MR) is 72.6 cm³/mol. The molecule has 0 aliphatic rings. The van der Waals surface area contributed by atoms with Crippen molar-refractivity contribution in [2.75, 3.05) is 18.9 Å². The molecule has 0 fully saturated rings. The minimum atomic E-state index is -0.220. The Balaban J connectivity index is 0. The second-order valence-corrected chi connectivity index (χ2v) is 2.87. The number of anilines is 1. The lowest BCUT2D eigenvalue weighted by Gasteiger charge is -2.04. The molecule has 0 aliphatic carbocycles. The number of hydrogen-bond donors (Lipinski definition) is 1. The van der Waals surface area contributed by atoms with Gasteiger partial charge in [-0.3, -0.25) is 4.52 Å². The molecule has 1 aromatic rings. The summed E-state index contributed by atoms with van der Waals surface area (Å²) < 4.78 is 18.7. The molecule has 0 spiro atoms. The Morgan fingerprint density at radius 3 is 2.12 bits per heavy atom. The topological polar surface area (TPSA) is 61.5 Å². The van der Waals surface area contributed by atoms with E-state index in [9.17, 15) is 4.57 Å². The summed E-state index contributed by atoms with van der Waals surface area (Å²) in [5.41, 5.74) is 6.28. The summed E-state index contributed by atoms with van der Waals surface area (Å²) in [5.74, 6) is 0.769. The number of nitrogen functional groups attached to an aromatic ring is 1. The maximum atomic E-state index is 9.28. The van der Waals surface area contributed by atoms with Gasteiger partial charge in [-0.05, 0) is 26.0 Å². The monoisotopic (exact) mass is 259 g/mol. The minimum Gasteiger partial charge on any atom is -0.492 e. The molecular formula is C12H22NO3P. The average Bonchev–Trinajstić information content (AvgIpc) is 2.37. The van der Waals surface area contributed by atoms with E-state index in [1.807, 2.05) is 45.0 Å². The normalized spacial score (nSPS) is 8.47. The van der Waals surface area contributed by atoms with E-state index < -0.39 is 0 Å². The van der Waals surface area contributed by atoms with Crippen LogP contribution in [0, 0.1) is 0 Å². The predicted octanol–water partition coefficient (Wildman–Crippen LogP) is 3.92. The fourth-order valence-electron chi connectivity index (χ4n) is 0.820. The number of ether oxygens (including phenoxy) is 1. The summed E-state index contributed by atoms with van der Waals surface area (Å²) >= 11 is 0. The summed E-state index contributed by atoms with van der Waals surface area (Å²) in [6, 6.07) is 7.48. The molecule has 0 saturated heterocycles. The molecule has 0 radical (unpaired) electrons. The van der Waals surface area contributed by atoms with Crippen LogP contribution in [0.1, 0.15) is 27.7 Å². The lowest BCUT2D eigenvalue weighted by molar-refractivity contribution is 0.342. The molecule has 5 heteroatoms. The van der Waals surface area contributed by atoms with E-state index in [1.165, 1.54) is 0 Å². The van der Waals surface area contributed by atoms with Crippen molar-refractivity contribution in [1.82, 2.24) is 0 Å². The fourth-order valence-corrected chi connectivity index (χ4v) is 0.926. The van der Waals surface area contributed by atoms with E-state index in [1.54, 1.807) is 6.92 Å². The van der Waals surface area contributed by atoms with Crippen molar-refractivity contribution in [2.24, 2.45) is 0 Å². The van der Waals surface area contributed by atoms with Crippen molar-refractivity contribution in [1.29, 1.82) is 0 Å². The van der Waals surface area contributed by atoms with Gasteiger partial charge in [0, 0.05) is 0 Å². The first kappa shape index (κ1) is 18.3. The summed E-state index contributed by atoms with van der Waals surface area (Å²) in [6.07, 6.45) is 0. The third-order valence-electron chi connectivity index (χ3n) is 1.40. The highest BCUT2D eigenvalue weighted by Gasteiger charge is 1.93. The number of rotatable bonds is 4. The van der Waals surface area contributed by atoms with Crippen LogP contribution in [0.5, 0.6) is 5.75 Å². The second-order valence-electron chi connectivity index (χ2n) is 2.46. The van der Waals surface area contributed by atoms with Crippen LogP contribution < -0.4 is 10.5 Å². The van der Waals surface area contributed by atoms with Crippen LogP contribution >= 0.6 is 8.69 Å². The molecule has 2 N–H and O–H groups in total. The fraction of sp³-hybridized carbons (Fsp3) is 0.500. The Morgan fingerprint density at radius 2 is 1.76 bits per heavy atom. The largest absolute Gasteiger partial charge is 0.492 e. The lowest BCUT2D eigenvalue weighted by Crippen LogP contribution is -1.95. The van der Waals surface area contributed by atoms with Crippen LogP contribution in [0.25, 0.3) is 0 Å². The molecule has 0 amide bonds. The molecule has 0 heterocycles. The average molecular weight is 259 g/mol. The van der Waals surface area contributed by atoms with E-state index in [-0.39, 0.29) is 8.69 Å². The molecule has 1 rings (SSSR count). The van der Waals surface area contributed by atoms with Gasteiger partial charge in [-0.2, -0.15) is 0 Å². The number of hydrogen-bond acceptors (Lipinski definition) is 4. The molecule has 98 valence electrons. The van der Waals surface area contributed by atoms with Gasteiger partial charge in [0.2, 0.25) is 0 Å². The van der Waals surface area contributed by atoms with E-state index in [0.717, 1.165) is 5.75 Å². The quantitative estimate of drug-likeness (QED) is 0.657. The number of para-hydroxylation sites is 2. The van der Waals surface area contributed by atoms with E-state index >= 15 is 0 Å². The molecular weight excluding hydrogens is 237 g/mol. The van der Waals surface area contributed by atoms with Crippen LogP contribution in [0.4, 0.5) is 5.69 Å². The third kappa shape index (κ3) is 11.1. The number of benzene rings is 1. The molecule has 0 bridgehead atoms. The van der Waals surface area contributed by atoms with Gasteiger partial charge in [0.1, 0.15) is 5.75 Å². The standard InChI is InChI=1S/C8H11NO.C2H5O2P.C2H6/c1-2-10-8-6-4-3-5-7(8)9;1-2-4-5-3;1-2/h3-6H,2,9H2,1H3;2H2,1H3;1-2H3. The van der Waals surface area contributed by atoms with Crippen molar-refractivity contribution in [3.05, 3.63) is 24.3 Å². The summed E-state index contributed by atoms with van der Waals surface area (Å²) in [7, 11) is -0.220. The molecule has 17 heavy (non-hydrogen) atoms. The van der Waals surface area contributed by atoms with Crippen molar-refractivity contribution in [2.45, 2.75) is 27.7 Å². The number of nitrogens with two attached hydrogens (primary N) is 1. The van der Waals surface area contributed by atoms with Gasteiger partial charge in [-0.15, -0.1) is 0 Å². The van der Waals surface area contributed by atoms with Crippen LogP contribution in [0.15, 0.2) is 24.3 Å². The van der Waals surface area contributed by atoms with E-state index in [2.05, 4.69) is 4.52 Å². The van der Waals surface area contributed by atoms with Crippen molar-refractivity contribution in [3.63, 3.8) is 0 Å². The Bertz CT molecular complexity index is 282. The van der Waals surface area contributed by atoms with Gasteiger partial charge in [-0.1, -0.05) is 26.0 Å². The minimum absolute atomic E-state index is 0.220. The van der Waals surface area contributed by atoms with Crippen molar-refractivity contribution < 1.29 is 13.8 Å². The highest BCUT2D eigenvalue weighted by atomic mass is 31.1. The van der Waals surface area contributed by atoms with Crippen molar-refractivity contribution >= 4 is 14.4 Å². The Labute approximate surface area is 105 Å². The zero-order valence-electron chi connectivity index (χ0n) is 11.0. The molecule has 0 unspecified atom stereocenters. The molecule has 0 aliphatic heterocycles. The smallest absolute Gasteiger partial charge is 0.327 e. The van der Waals surface area contributed by atoms with Gasteiger partial charge >= 0.3 is 8.69 Å². The van der Waals surface area contributed by atoms with Gasteiger partial charge in [0.25, 0.3) is 0 Å². The Kier molecular flexibility index (Phi) is 16.0. The van der Waals surface area contributed by atoms with Crippen molar-refractivity contribution in [3.8, 4) is 5.75 Å². The summed E-state index contributed by atoms with van der Waals surface area (Å²) in [4.78, 5) is 0. The first-order valence-corrected chi connectivity index (χ1v) is 6.41. The lowest BCUT2D eigenvalue weighted by atomic mass is 10.3. The van der Waals surface area contributed by atoms with Gasteiger partial charge < -0.3 is 10.5 Å². The zero-order valence-corrected chi connectivity index (χ0v) is 11.9. The van der Waals surface area contributed by atoms with Crippen LogP contribution in [0.3, 0.4) is 0 Å². The highest BCUT2D eigenvalue weighted by Crippen LogP contribution is 2.18. The summed E-state index contributed by atoms with van der Waals surface area (Å²) in [6.45, 7) is 8.90. The Morgan fingerprint density at radius 1 is 1.18 bits per heavy atom. The van der Waals surface area contributed by atoms with E-state index in [4.69, 9.17) is 10.5 Å². The van der Waals surface area contributed by atoms with Crippen LogP contribution in [0.2, 0.25) is 0 Å². The molecule has 4 nitrogen and oxygen atoms in total. The maximum Gasteiger partial charge on any atom is 0.327 e.